The van der Waals surface area contributed by atoms with Gasteiger partial charge in [-0.2, -0.15) is 9.41 Å². The number of carbonyl (C=O) groups is 1. The molecule has 1 fully saturated rings. The summed E-state index contributed by atoms with van der Waals surface area (Å²) in [5, 5.41) is 4.11. The molecule has 3 rings (SSSR count). The van der Waals surface area contributed by atoms with Gasteiger partial charge in [0.05, 0.1) is 10.6 Å². The van der Waals surface area contributed by atoms with Gasteiger partial charge in [0.2, 0.25) is 10.0 Å². The molecule has 0 bridgehead atoms. The normalized spacial score (nSPS) is 15.9. The monoisotopic (exact) mass is 389 g/mol. The van der Waals surface area contributed by atoms with Gasteiger partial charge in [0.25, 0.3) is 5.91 Å². The Hall–Kier alpha value is -2.45. The summed E-state index contributed by atoms with van der Waals surface area (Å²) < 4.78 is 32.0. The summed E-state index contributed by atoms with van der Waals surface area (Å²) in [4.78, 5) is 12.5. The van der Waals surface area contributed by atoms with E-state index in [1.165, 1.54) is 28.6 Å². The van der Waals surface area contributed by atoms with E-state index in [4.69, 9.17) is 4.42 Å². The Morgan fingerprint density at radius 2 is 1.78 bits per heavy atom. The molecule has 0 spiro atoms. The molecule has 7 nitrogen and oxygen atoms in total. The highest BCUT2D eigenvalue weighted by Crippen LogP contribution is 2.21. The Morgan fingerprint density at radius 1 is 1.15 bits per heavy atom. The first kappa shape index (κ1) is 19.3. The van der Waals surface area contributed by atoms with Gasteiger partial charge in [-0.05, 0) is 63.9 Å². The molecule has 1 aliphatic rings. The van der Waals surface area contributed by atoms with Crippen LogP contribution in [-0.4, -0.2) is 37.4 Å². The van der Waals surface area contributed by atoms with Crippen molar-refractivity contribution < 1.29 is 17.6 Å². The number of sulfonamides is 1. The minimum Gasteiger partial charge on any atom is -0.466 e. The standard InChI is InChI=1S/C19H23N3O4S/c1-13-12-18(15(3)26-13)14(2)20-21-19(23)16-6-8-17(9-7-16)27(24,25)22-10-4-5-11-22/h6-9,12H,4-5,10-11H2,1-3H3,(H,21,23)/b20-14-. The first-order valence-electron chi connectivity index (χ1n) is 8.81. The second-order valence-corrected chi connectivity index (χ2v) is 8.54. The van der Waals surface area contributed by atoms with Crippen molar-refractivity contribution >= 4 is 21.6 Å². The van der Waals surface area contributed by atoms with Gasteiger partial charge < -0.3 is 4.42 Å². The fraction of sp³-hybridized carbons (Fsp3) is 0.368. The van der Waals surface area contributed by atoms with Crippen molar-refractivity contribution in [2.24, 2.45) is 5.10 Å². The number of benzene rings is 1. The van der Waals surface area contributed by atoms with Crippen LogP contribution in [0.3, 0.4) is 0 Å². The van der Waals surface area contributed by atoms with Gasteiger partial charge >= 0.3 is 0 Å². The Morgan fingerprint density at radius 3 is 2.33 bits per heavy atom. The summed E-state index contributed by atoms with van der Waals surface area (Å²) in [6.07, 6.45) is 1.76. The van der Waals surface area contributed by atoms with Crippen LogP contribution >= 0.6 is 0 Å². The van der Waals surface area contributed by atoms with Gasteiger partial charge in [-0.3, -0.25) is 4.79 Å². The Bertz CT molecular complexity index is 969. The Labute approximate surface area is 159 Å². The van der Waals surface area contributed by atoms with Crippen LogP contribution in [0, 0.1) is 13.8 Å². The summed E-state index contributed by atoms with van der Waals surface area (Å²) in [5.41, 5.74) is 4.30. The van der Waals surface area contributed by atoms with E-state index < -0.39 is 15.9 Å². The lowest BCUT2D eigenvalue weighted by molar-refractivity contribution is 0.0954. The van der Waals surface area contributed by atoms with E-state index in [-0.39, 0.29) is 4.90 Å². The molecular weight excluding hydrogens is 366 g/mol. The molecule has 1 aliphatic heterocycles. The molecule has 0 radical (unpaired) electrons. The molecule has 1 aromatic heterocycles. The van der Waals surface area contributed by atoms with Crippen LogP contribution < -0.4 is 5.43 Å². The summed E-state index contributed by atoms with van der Waals surface area (Å²) in [6.45, 7) is 6.56. The molecule has 0 unspecified atom stereocenters. The third-order valence-electron chi connectivity index (χ3n) is 4.58. The number of amides is 1. The van der Waals surface area contributed by atoms with Crippen molar-refractivity contribution in [2.45, 2.75) is 38.5 Å². The number of nitrogens with zero attached hydrogens (tertiary/aromatic N) is 2. The average molecular weight is 389 g/mol. The topological polar surface area (TPSA) is 92.0 Å². The van der Waals surface area contributed by atoms with E-state index in [1.807, 2.05) is 19.9 Å². The minimum atomic E-state index is -3.48. The fourth-order valence-electron chi connectivity index (χ4n) is 3.11. The first-order chi connectivity index (χ1) is 12.8. The lowest BCUT2D eigenvalue weighted by Gasteiger charge is -2.15. The molecular formula is C19H23N3O4S. The van der Waals surface area contributed by atoms with Gasteiger partial charge in [0.1, 0.15) is 11.5 Å². The quantitative estimate of drug-likeness (QED) is 0.629. The van der Waals surface area contributed by atoms with Crippen LogP contribution in [-0.2, 0) is 10.0 Å². The number of hydrazone groups is 1. The van der Waals surface area contributed by atoms with E-state index in [2.05, 4.69) is 10.5 Å². The van der Waals surface area contributed by atoms with Crippen LogP contribution in [0.25, 0.3) is 0 Å². The van der Waals surface area contributed by atoms with Gasteiger partial charge in [-0.25, -0.2) is 13.8 Å². The molecule has 2 aromatic rings. The van der Waals surface area contributed by atoms with Gasteiger partial charge in [-0.15, -0.1) is 0 Å². The van der Waals surface area contributed by atoms with Gasteiger partial charge in [0.15, 0.2) is 0 Å². The number of hydrogen-bond acceptors (Lipinski definition) is 5. The molecule has 1 amide bonds. The van der Waals surface area contributed by atoms with Crippen molar-refractivity contribution in [3.05, 3.63) is 53.0 Å². The second-order valence-electron chi connectivity index (χ2n) is 6.60. The van der Waals surface area contributed by atoms with Crippen molar-refractivity contribution in [3.8, 4) is 0 Å². The zero-order valence-corrected chi connectivity index (χ0v) is 16.5. The lowest BCUT2D eigenvalue weighted by atomic mass is 10.2. The third-order valence-corrected chi connectivity index (χ3v) is 6.49. The summed E-state index contributed by atoms with van der Waals surface area (Å²) in [7, 11) is -3.48. The maximum Gasteiger partial charge on any atom is 0.271 e. The number of rotatable bonds is 5. The molecule has 27 heavy (non-hydrogen) atoms. The Kier molecular flexibility index (Phi) is 5.48. The molecule has 2 heterocycles. The zero-order chi connectivity index (χ0) is 19.6. The Balaban J connectivity index is 1.70. The highest BCUT2D eigenvalue weighted by Gasteiger charge is 2.27. The van der Waals surface area contributed by atoms with Crippen LogP contribution in [0.5, 0.6) is 0 Å². The van der Waals surface area contributed by atoms with E-state index in [1.54, 1.807) is 6.92 Å². The van der Waals surface area contributed by atoms with Crippen LogP contribution in [0.15, 0.2) is 44.7 Å². The minimum absolute atomic E-state index is 0.199. The number of nitrogens with one attached hydrogen (secondary N) is 1. The van der Waals surface area contributed by atoms with Gasteiger partial charge in [0, 0.05) is 24.2 Å². The fourth-order valence-corrected chi connectivity index (χ4v) is 4.62. The summed E-state index contributed by atoms with van der Waals surface area (Å²) in [6, 6.07) is 7.77. The molecule has 0 aliphatic carbocycles. The summed E-state index contributed by atoms with van der Waals surface area (Å²) in [5.74, 6) is 1.11. The lowest BCUT2D eigenvalue weighted by Crippen LogP contribution is -2.28. The molecule has 8 heteroatoms. The zero-order valence-electron chi connectivity index (χ0n) is 15.7. The van der Waals surface area contributed by atoms with Crippen molar-refractivity contribution in [1.29, 1.82) is 0 Å². The van der Waals surface area contributed by atoms with Crippen LogP contribution in [0.2, 0.25) is 0 Å². The van der Waals surface area contributed by atoms with Crippen molar-refractivity contribution in [1.82, 2.24) is 9.73 Å². The molecule has 0 saturated carbocycles. The largest absolute Gasteiger partial charge is 0.466 e. The average Bonchev–Trinajstić information content (AvgIpc) is 3.29. The van der Waals surface area contributed by atoms with E-state index in [0.29, 0.717) is 24.4 Å². The smallest absolute Gasteiger partial charge is 0.271 e. The summed E-state index contributed by atoms with van der Waals surface area (Å²) >= 11 is 0. The molecule has 0 atom stereocenters. The molecule has 1 saturated heterocycles. The number of hydrogen-bond donors (Lipinski definition) is 1. The van der Waals surface area contributed by atoms with Crippen molar-refractivity contribution in [2.75, 3.05) is 13.1 Å². The predicted molar refractivity (Wildman–Crippen MR) is 102 cm³/mol. The number of carbonyl (C=O) groups excluding carboxylic acids is 1. The van der Waals surface area contributed by atoms with Crippen LogP contribution in [0.4, 0.5) is 0 Å². The molecule has 144 valence electrons. The first-order valence-corrected chi connectivity index (χ1v) is 10.3. The number of aryl methyl sites for hydroxylation is 2. The van der Waals surface area contributed by atoms with E-state index in [0.717, 1.165) is 29.9 Å². The highest BCUT2D eigenvalue weighted by atomic mass is 32.2. The highest BCUT2D eigenvalue weighted by molar-refractivity contribution is 7.89. The predicted octanol–water partition coefficient (Wildman–Crippen LogP) is 2.83. The van der Waals surface area contributed by atoms with E-state index >= 15 is 0 Å². The third kappa shape index (κ3) is 4.12. The van der Waals surface area contributed by atoms with Crippen LogP contribution in [0.1, 0.15) is 47.2 Å². The maximum absolute atomic E-state index is 12.5. The number of furan rings is 1. The van der Waals surface area contributed by atoms with E-state index in [9.17, 15) is 13.2 Å². The second kappa shape index (κ2) is 7.66. The maximum atomic E-state index is 12.5. The van der Waals surface area contributed by atoms with Crippen molar-refractivity contribution in [3.63, 3.8) is 0 Å². The molecule has 1 N–H and O–H groups in total. The molecule has 1 aromatic carbocycles. The van der Waals surface area contributed by atoms with Gasteiger partial charge in [-0.1, -0.05) is 0 Å². The SMILES string of the molecule is C/C(=N/NC(=O)c1ccc(S(=O)(=O)N2CCCC2)cc1)c1cc(C)oc1C.